The first-order chi connectivity index (χ1) is 19.9. The van der Waals surface area contributed by atoms with Gasteiger partial charge >= 0.3 is 0 Å². The third kappa shape index (κ3) is 5.42. The molecule has 9 nitrogen and oxygen atoms in total. The highest BCUT2D eigenvalue weighted by Crippen LogP contribution is 2.34. The van der Waals surface area contributed by atoms with Gasteiger partial charge in [-0.3, -0.25) is 14.5 Å². The van der Waals surface area contributed by atoms with Crippen LogP contribution in [0.15, 0.2) is 107 Å². The third-order valence-corrected chi connectivity index (χ3v) is 8.37. The zero-order valence-corrected chi connectivity index (χ0v) is 22.8. The van der Waals surface area contributed by atoms with E-state index >= 15 is 0 Å². The predicted octanol–water partition coefficient (Wildman–Crippen LogP) is 5.47. The highest BCUT2D eigenvalue weighted by Gasteiger charge is 2.22. The summed E-state index contributed by atoms with van der Waals surface area (Å²) < 4.78 is 28.4. The maximum absolute atomic E-state index is 12.9. The topological polar surface area (TPSA) is 128 Å². The van der Waals surface area contributed by atoms with Gasteiger partial charge in [0.05, 0.1) is 17.0 Å². The molecule has 1 amide bonds. The number of H-pyrrole nitrogens is 1. The number of rotatable bonds is 7. The van der Waals surface area contributed by atoms with Crippen molar-refractivity contribution < 1.29 is 18.3 Å². The summed E-state index contributed by atoms with van der Waals surface area (Å²) in [6.07, 6.45) is 4.83. The Kier molecular flexibility index (Phi) is 6.98. The summed E-state index contributed by atoms with van der Waals surface area (Å²) in [7, 11) is -3.87. The molecule has 0 spiro atoms. The number of aromatic hydroxyl groups is 1. The Bertz CT molecular complexity index is 1850. The first-order valence-corrected chi connectivity index (χ1v) is 14.7. The second-order valence-electron chi connectivity index (χ2n) is 9.78. The van der Waals surface area contributed by atoms with Crippen LogP contribution in [0.3, 0.4) is 0 Å². The van der Waals surface area contributed by atoms with Crippen LogP contribution in [0.5, 0.6) is 5.88 Å². The van der Waals surface area contributed by atoms with Gasteiger partial charge in [0.25, 0.3) is 15.9 Å². The summed E-state index contributed by atoms with van der Waals surface area (Å²) in [4.78, 5) is 26.5. The lowest BCUT2D eigenvalue weighted by Crippen LogP contribution is -2.27. The number of likely N-dealkylation sites (tertiary alicyclic amines) is 1. The maximum Gasteiger partial charge on any atom is 0.263 e. The molecule has 0 aliphatic carbocycles. The van der Waals surface area contributed by atoms with Crippen LogP contribution < -0.4 is 4.72 Å². The molecule has 0 atom stereocenters. The van der Waals surface area contributed by atoms with Gasteiger partial charge < -0.3 is 15.0 Å². The SMILES string of the molecule is O=C(c1ccc(N=C(c2ccccc2)c2c(O)[nH]c3ccc(NS(=O)(=O)c4cccnc4)cc23)cc1)N1CCCC1. The Morgan fingerprint density at radius 2 is 1.68 bits per heavy atom. The van der Waals surface area contributed by atoms with Gasteiger partial charge in [0.2, 0.25) is 0 Å². The summed E-state index contributed by atoms with van der Waals surface area (Å²) >= 11 is 0. The van der Waals surface area contributed by atoms with E-state index in [1.807, 2.05) is 35.2 Å². The minimum atomic E-state index is -3.87. The molecule has 2 aromatic heterocycles. The van der Waals surface area contributed by atoms with Crippen molar-refractivity contribution in [3.63, 3.8) is 0 Å². The minimum absolute atomic E-state index is 0.0110. The van der Waals surface area contributed by atoms with E-state index in [1.165, 1.54) is 18.5 Å². The number of nitrogens with one attached hydrogen (secondary N) is 2. The molecule has 206 valence electrons. The molecule has 1 aliphatic heterocycles. The fraction of sp³-hybridized carbons (Fsp3) is 0.129. The molecule has 1 aliphatic rings. The number of nitrogens with zero attached hydrogens (tertiary/aromatic N) is 3. The normalized spacial score (nSPS) is 14.0. The average molecular weight is 566 g/mol. The number of carbonyl (C=O) groups excluding carboxylic acids is 1. The quantitative estimate of drug-likeness (QED) is 0.225. The highest BCUT2D eigenvalue weighted by atomic mass is 32.2. The lowest BCUT2D eigenvalue weighted by atomic mass is 10.0. The smallest absolute Gasteiger partial charge is 0.263 e. The molecule has 0 unspecified atom stereocenters. The molecular weight excluding hydrogens is 538 g/mol. The number of hydrogen-bond acceptors (Lipinski definition) is 6. The number of anilines is 1. The van der Waals surface area contributed by atoms with Crippen molar-refractivity contribution in [2.75, 3.05) is 17.8 Å². The summed E-state index contributed by atoms with van der Waals surface area (Å²) in [6.45, 7) is 1.55. The number of aromatic amines is 1. The van der Waals surface area contributed by atoms with Crippen molar-refractivity contribution in [2.24, 2.45) is 4.99 Å². The number of aromatic nitrogens is 2. The second kappa shape index (κ2) is 10.9. The van der Waals surface area contributed by atoms with Crippen molar-refractivity contribution in [1.82, 2.24) is 14.9 Å². The molecule has 1 saturated heterocycles. The Morgan fingerprint density at radius 3 is 2.39 bits per heavy atom. The van der Waals surface area contributed by atoms with Crippen LogP contribution in [0.2, 0.25) is 0 Å². The molecule has 0 saturated carbocycles. The van der Waals surface area contributed by atoms with Gasteiger partial charge in [-0.05, 0) is 67.4 Å². The molecule has 3 heterocycles. The van der Waals surface area contributed by atoms with Crippen LogP contribution in [-0.2, 0) is 10.0 Å². The molecule has 0 radical (unpaired) electrons. The van der Waals surface area contributed by atoms with Gasteiger partial charge in [0, 0.05) is 53.2 Å². The standard InChI is InChI=1S/C31H27N5O4S/c37-30-28(26-19-24(14-15-27(26)34-30)35-41(39,40)25-9-6-16-32-20-25)29(21-7-2-1-3-8-21)33-23-12-10-22(11-13-23)31(38)36-17-4-5-18-36/h1-3,6-16,19-20,34-35,37H,4-5,17-18H2. The summed E-state index contributed by atoms with van der Waals surface area (Å²) in [5.41, 5.74) is 3.79. The van der Waals surface area contributed by atoms with Crippen molar-refractivity contribution in [2.45, 2.75) is 17.7 Å². The molecule has 3 aromatic carbocycles. The van der Waals surface area contributed by atoms with Crippen molar-refractivity contribution in [1.29, 1.82) is 0 Å². The number of fused-ring (bicyclic) bond motifs is 1. The lowest BCUT2D eigenvalue weighted by molar-refractivity contribution is 0.0793. The molecule has 3 N–H and O–H groups in total. The van der Waals surface area contributed by atoms with Crippen molar-refractivity contribution in [3.05, 3.63) is 114 Å². The number of sulfonamides is 1. The number of carbonyl (C=O) groups is 1. The molecule has 1 fully saturated rings. The van der Waals surface area contributed by atoms with Crippen LogP contribution in [0.4, 0.5) is 11.4 Å². The summed E-state index contributed by atoms with van der Waals surface area (Å²) in [5.74, 6) is -0.0902. The zero-order valence-electron chi connectivity index (χ0n) is 22.0. The van der Waals surface area contributed by atoms with E-state index in [2.05, 4.69) is 14.7 Å². The minimum Gasteiger partial charge on any atom is -0.494 e. The first-order valence-electron chi connectivity index (χ1n) is 13.2. The van der Waals surface area contributed by atoms with Gasteiger partial charge in [-0.15, -0.1) is 0 Å². The largest absolute Gasteiger partial charge is 0.494 e. The molecule has 41 heavy (non-hydrogen) atoms. The van der Waals surface area contributed by atoms with Gasteiger partial charge in [-0.2, -0.15) is 0 Å². The third-order valence-electron chi connectivity index (χ3n) is 7.01. The van der Waals surface area contributed by atoms with Crippen LogP contribution in [0.1, 0.15) is 34.3 Å². The molecule has 6 rings (SSSR count). The van der Waals surface area contributed by atoms with E-state index in [1.54, 1.807) is 48.5 Å². The van der Waals surface area contributed by atoms with Crippen molar-refractivity contribution in [3.8, 4) is 5.88 Å². The Labute approximate surface area is 237 Å². The van der Waals surface area contributed by atoms with Gasteiger partial charge in [0.1, 0.15) is 4.90 Å². The number of pyridine rings is 1. The summed E-state index contributed by atoms with van der Waals surface area (Å²) in [6, 6.07) is 24.5. The van der Waals surface area contributed by atoms with Gasteiger partial charge in [-0.1, -0.05) is 30.3 Å². The number of hydrogen-bond donors (Lipinski definition) is 3. The number of amides is 1. The Morgan fingerprint density at radius 1 is 0.927 bits per heavy atom. The zero-order chi connectivity index (χ0) is 28.4. The van der Waals surface area contributed by atoms with E-state index in [0.717, 1.165) is 31.5 Å². The molecular formula is C31H27N5O4S. The van der Waals surface area contributed by atoms with Gasteiger partial charge in [0.15, 0.2) is 5.88 Å². The number of aliphatic imine (C=N–C) groups is 1. The van der Waals surface area contributed by atoms with Crippen LogP contribution in [-0.4, -0.2) is 53.1 Å². The second-order valence-corrected chi connectivity index (χ2v) is 11.5. The van der Waals surface area contributed by atoms with Crippen LogP contribution >= 0.6 is 0 Å². The van der Waals surface area contributed by atoms with E-state index in [-0.39, 0.29) is 16.7 Å². The van der Waals surface area contributed by atoms with E-state index in [0.29, 0.717) is 39.1 Å². The van der Waals surface area contributed by atoms with E-state index < -0.39 is 10.0 Å². The first kappa shape index (κ1) is 26.3. The fourth-order valence-electron chi connectivity index (χ4n) is 4.97. The van der Waals surface area contributed by atoms with Gasteiger partial charge in [-0.25, -0.2) is 13.4 Å². The Balaban J connectivity index is 1.41. The number of benzene rings is 3. The van der Waals surface area contributed by atoms with Crippen molar-refractivity contribution >= 4 is 43.9 Å². The van der Waals surface area contributed by atoms with E-state index in [4.69, 9.17) is 4.99 Å². The fourth-order valence-corrected chi connectivity index (χ4v) is 5.98. The van der Waals surface area contributed by atoms with E-state index in [9.17, 15) is 18.3 Å². The maximum atomic E-state index is 12.9. The summed E-state index contributed by atoms with van der Waals surface area (Å²) in [5, 5.41) is 11.6. The molecule has 10 heteroatoms. The molecule has 5 aromatic rings. The Hall–Kier alpha value is -4.96. The predicted molar refractivity (Wildman–Crippen MR) is 158 cm³/mol. The average Bonchev–Trinajstić information content (AvgIpc) is 3.64. The lowest BCUT2D eigenvalue weighted by Gasteiger charge is -2.15. The highest BCUT2D eigenvalue weighted by molar-refractivity contribution is 7.92. The molecule has 0 bridgehead atoms. The van der Waals surface area contributed by atoms with Crippen LogP contribution in [0.25, 0.3) is 10.9 Å². The monoisotopic (exact) mass is 565 g/mol. The van der Waals surface area contributed by atoms with Crippen LogP contribution in [0, 0.1) is 0 Å².